The van der Waals surface area contributed by atoms with Crippen LogP contribution in [0.1, 0.15) is 36.2 Å². The van der Waals surface area contributed by atoms with Gasteiger partial charge >= 0.3 is 0 Å². The Kier molecular flexibility index (Phi) is 3.60. The van der Waals surface area contributed by atoms with Gasteiger partial charge in [-0.25, -0.2) is 4.98 Å². The van der Waals surface area contributed by atoms with E-state index in [4.69, 9.17) is 4.74 Å². The molecule has 0 bridgehead atoms. The Morgan fingerprint density at radius 2 is 2.00 bits per heavy atom. The lowest BCUT2D eigenvalue weighted by molar-refractivity contribution is 0.0694. The number of ether oxygens (including phenoxy) is 1. The topological polar surface area (TPSA) is 51.2 Å². The van der Waals surface area contributed by atoms with E-state index in [0.29, 0.717) is 5.69 Å². The van der Waals surface area contributed by atoms with Crippen LogP contribution in [0, 0.1) is 0 Å². The Bertz CT molecular complexity index is 589. The van der Waals surface area contributed by atoms with Gasteiger partial charge in [0.1, 0.15) is 5.69 Å². The molecule has 1 aliphatic heterocycles. The summed E-state index contributed by atoms with van der Waals surface area (Å²) in [6.45, 7) is 1.45. The van der Waals surface area contributed by atoms with Gasteiger partial charge in [-0.3, -0.25) is 4.79 Å². The molecule has 19 heavy (non-hydrogen) atoms. The first-order valence-corrected chi connectivity index (χ1v) is 6.89. The number of fused-ring (bicyclic) bond motifs is 1. The summed E-state index contributed by atoms with van der Waals surface area (Å²) in [6, 6.07) is 4.01. The summed E-state index contributed by atoms with van der Waals surface area (Å²) in [5.41, 5.74) is 0.511. The highest BCUT2D eigenvalue weighted by Gasteiger charge is 2.17. The minimum Gasteiger partial charge on any atom is -0.381 e. The van der Waals surface area contributed by atoms with Crippen molar-refractivity contribution in [3.63, 3.8) is 0 Å². The van der Waals surface area contributed by atoms with Crippen LogP contribution in [-0.4, -0.2) is 30.1 Å². The molecular weight excluding hydrogens is 240 g/mol. The predicted octanol–water partition coefficient (Wildman–Crippen LogP) is 0.345. The second kappa shape index (κ2) is 5.53. The fraction of sp³-hybridized carbons (Fsp3) is 0.467. The van der Waals surface area contributed by atoms with Crippen molar-refractivity contribution in [2.45, 2.75) is 31.7 Å². The van der Waals surface area contributed by atoms with Crippen molar-refractivity contribution in [2.75, 3.05) is 13.2 Å². The summed E-state index contributed by atoms with van der Waals surface area (Å²) < 4.78 is 5.29. The maximum absolute atomic E-state index is 12.2. The quantitative estimate of drug-likeness (QED) is 0.832. The van der Waals surface area contributed by atoms with Gasteiger partial charge in [-0.15, -0.1) is 0 Å². The molecule has 2 aliphatic rings. The molecule has 0 aromatic carbocycles. The minimum atomic E-state index is -0.0753. The second-order valence-corrected chi connectivity index (χ2v) is 5.02. The van der Waals surface area contributed by atoms with E-state index in [1.807, 2.05) is 12.1 Å². The zero-order chi connectivity index (χ0) is 13.1. The van der Waals surface area contributed by atoms with Crippen molar-refractivity contribution in [1.29, 1.82) is 0 Å². The van der Waals surface area contributed by atoms with Crippen LogP contribution in [0.3, 0.4) is 0 Å². The van der Waals surface area contributed by atoms with E-state index >= 15 is 0 Å². The molecule has 1 aliphatic carbocycles. The van der Waals surface area contributed by atoms with Crippen molar-refractivity contribution in [3.05, 3.63) is 28.4 Å². The van der Waals surface area contributed by atoms with Crippen LogP contribution in [0.2, 0.25) is 0 Å². The van der Waals surface area contributed by atoms with Crippen LogP contribution in [0.4, 0.5) is 0 Å². The number of rotatable bonds is 2. The number of nitrogens with zero attached hydrogens (tertiary/aromatic N) is 1. The van der Waals surface area contributed by atoms with Crippen LogP contribution in [0.15, 0.2) is 12.1 Å². The minimum absolute atomic E-state index is 0.0753. The first-order chi connectivity index (χ1) is 9.33. The van der Waals surface area contributed by atoms with Gasteiger partial charge in [0.05, 0.1) is 5.35 Å². The van der Waals surface area contributed by atoms with E-state index in [1.165, 1.54) is 0 Å². The molecule has 1 fully saturated rings. The Morgan fingerprint density at radius 3 is 2.84 bits per heavy atom. The third-order valence-electron chi connectivity index (χ3n) is 3.62. The fourth-order valence-corrected chi connectivity index (χ4v) is 2.51. The van der Waals surface area contributed by atoms with Gasteiger partial charge in [-0.2, -0.15) is 0 Å². The van der Waals surface area contributed by atoms with Crippen molar-refractivity contribution in [3.8, 4) is 0 Å². The molecule has 0 unspecified atom stereocenters. The van der Waals surface area contributed by atoms with Crippen molar-refractivity contribution < 1.29 is 9.53 Å². The zero-order valence-electron chi connectivity index (χ0n) is 10.9. The number of amides is 1. The SMILES string of the molecule is O=C(NC1CCOCC1)c1ccc2c(n1)=CCCC=2. The van der Waals surface area contributed by atoms with Gasteiger partial charge in [0, 0.05) is 19.3 Å². The van der Waals surface area contributed by atoms with E-state index in [9.17, 15) is 4.79 Å². The molecule has 100 valence electrons. The number of carbonyl (C=O) groups is 1. The van der Waals surface area contributed by atoms with Gasteiger partial charge in [0.25, 0.3) is 5.91 Å². The van der Waals surface area contributed by atoms with Crippen molar-refractivity contribution in [2.24, 2.45) is 0 Å². The molecule has 2 heterocycles. The van der Waals surface area contributed by atoms with Gasteiger partial charge in [0.2, 0.25) is 0 Å². The molecule has 1 aromatic heterocycles. The Balaban J connectivity index is 1.76. The summed E-state index contributed by atoms with van der Waals surface area (Å²) in [5, 5.41) is 5.11. The molecular formula is C15H18N2O2. The van der Waals surface area contributed by atoms with E-state index in [1.54, 1.807) is 0 Å². The maximum Gasteiger partial charge on any atom is 0.270 e. The highest BCUT2D eigenvalue weighted by atomic mass is 16.5. The predicted molar refractivity (Wildman–Crippen MR) is 73.0 cm³/mol. The Morgan fingerprint density at radius 1 is 1.21 bits per heavy atom. The molecule has 1 amide bonds. The summed E-state index contributed by atoms with van der Waals surface area (Å²) in [5.74, 6) is -0.0753. The van der Waals surface area contributed by atoms with Crippen molar-refractivity contribution >= 4 is 18.1 Å². The number of hydrogen-bond donors (Lipinski definition) is 1. The van der Waals surface area contributed by atoms with Crippen LogP contribution >= 0.6 is 0 Å². The fourth-order valence-electron chi connectivity index (χ4n) is 2.51. The molecule has 4 nitrogen and oxygen atoms in total. The zero-order valence-corrected chi connectivity index (χ0v) is 10.9. The van der Waals surface area contributed by atoms with Gasteiger partial charge in [0.15, 0.2) is 0 Å². The highest BCUT2D eigenvalue weighted by Crippen LogP contribution is 2.06. The van der Waals surface area contributed by atoms with E-state index in [2.05, 4.69) is 22.5 Å². The molecule has 4 heteroatoms. The second-order valence-electron chi connectivity index (χ2n) is 5.02. The normalized spacial score (nSPS) is 18.9. The largest absolute Gasteiger partial charge is 0.381 e. The first-order valence-electron chi connectivity index (χ1n) is 6.89. The first kappa shape index (κ1) is 12.4. The van der Waals surface area contributed by atoms with E-state index in [-0.39, 0.29) is 11.9 Å². The summed E-state index contributed by atoms with van der Waals surface area (Å²) in [4.78, 5) is 16.6. The van der Waals surface area contributed by atoms with E-state index < -0.39 is 0 Å². The average Bonchev–Trinajstić information content (AvgIpc) is 2.48. The average molecular weight is 258 g/mol. The number of hydrogen-bond acceptors (Lipinski definition) is 3. The van der Waals surface area contributed by atoms with Gasteiger partial charge in [-0.05, 0) is 37.0 Å². The molecule has 0 saturated carbocycles. The third kappa shape index (κ3) is 2.84. The molecule has 3 rings (SSSR count). The molecule has 1 aromatic rings. The Hall–Kier alpha value is -1.68. The number of aromatic nitrogens is 1. The van der Waals surface area contributed by atoms with Gasteiger partial charge < -0.3 is 10.1 Å². The smallest absolute Gasteiger partial charge is 0.270 e. The lowest BCUT2D eigenvalue weighted by atomic mass is 10.1. The number of carbonyl (C=O) groups excluding carboxylic acids is 1. The number of pyridine rings is 1. The maximum atomic E-state index is 12.2. The van der Waals surface area contributed by atoms with Crippen LogP contribution in [0.25, 0.3) is 12.2 Å². The third-order valence-corrected chi connectivity index (χ3v) is 3.62. The molecule has 0 radical (unpaired) electrons. The standard InChI is InChI=1S/C15H18N2O2/c18-15(16-12-7-9-19-10-8-12)14-6-5-11-3-1-2-4-13(11)17-14/h3-6,12H,1-2,7-10H2,(H,16,18). The molecule has 0 atom stereocenters. The number of nitrogens with one attached hydrogen (secondary N) is 1. The summed E-state index contributed by atoms with van der Waals surface area (Å²) >= 11 is 0. The Labute approximate surface area is 112 Å². The van der Waals surface area contributed by atoms with Gasteiger partial charge in [-0.1, -0.05) is 18.2 Å². The molecule has 1 saturated heterocycles. The van der Waals surface area contributed by atoms with Crippen LogP contribution < -0.4 is 15.9 Å². The monoisotopic (exact) mass is 258 g/mol. The lowest BCUT2D eigenvalue weighted by Gasteiger charge is -2.22. The lowest BCUT2D eigenvalue weighted by Crippen LogP contribution is -2.41. The van der Waals surface area contributed by atoms with Crippen molar-refractivity contribution in [1.82, 2.24) is 10.3 Å². The highest BCUT2D eigenvalue weighted by molar-refractivity contribution is 5.92. The molecule has 1 N–H and O–H groups in total. The van der Waals surface area contributed by atoms with Crippen LogP contribution in [-0.2, 0) is 4.74 Å². The van der Waals surface area contributed by atoms with Crippen LogP contribution in [0.5, 0.6) is 0 Å². The summed E-state index contributed by atoms with van der Waals surface area (Å²) in [7, 11) is 0. The molecule has 0 spiro atoms. The van der Waals surface area contributed by atoms with E-state index in [0.717, 1.165) is 49.5 Å². The summed E-state index contributed by atoms with van der Waals surface area (Å²) in [6.07, 6.45) is 8.10.